The molecule has 0 saturated carbocycles. The topological polar surface area (TPSA) is 66.7 Å². The number of benzene rings is 1. The molecule has 1 aliphatic heterocycles. The third-order valence-electron chi connectivity index (χ3n) is 2.36. The van der Waals surface area contributed by atoms with E-state index in [-0.39, 0.29) is 5.91 Å². The third-order valence-corrected chi connectivity index (χ3v) is 3.23. The second-order valence-corrected chi connectivity index (χ2v) is 4.48. The van der Waals surface area contributed by atoms with Gasteiger partial charge in [-0.3, -0.25) is 10.1 Å². The van der Waals surface area contributed by atoms with E-state index in [2.05, 4.69) is 20.5 Å². The Hall–Kier alpha value is -2.08. The highest BCUT2D eigenvalue weighted by molar-refractivity contribution is 7.13. The van der Waals surface area contributed by atoms with E-state index in [1.54, 1.807) is 12.1 Å². The van der Waals surface area contributed by atoms with Crippen LogP contribution in [0.4, 0.5) is 16.5 Å². The van der Waals surface area contributed by atoms with Crippen molar-refractivity contribution >= 4 is 33.8 Å². The van der Waals surface area contributed by atoms with E-state index < -0.39 is 0 Å². The van der Waals surface area contributed by atoms with E-state index in [1.165, 1.54) is 11.3 Å². The number of carbonyl (C=O) groups excluding carboxylic acids is 1. The summed E-state index contributed by atoms with van der Waals surface area (Å²) < 4.78 is 0. The van der Waals surface area contributed by atoms with Crippen molar-refractivity contribution < 1.29 is 4.79 Å². The molecule has 5 nitrogen and oxygen atoms in total. The van der Waals surface area contributed by atoms with Gasteiger partial charge in [0.15, 0.2) is 5.13 Å². The lowest BCUT2D eigenvalue weighted by Gasteiger charge is -2.11. The zero-order valence-corrected chi connectivity index (χ0v) is 9.78. The number of hydrogen-bond acceptors (Lipinski definition) is 5. The molecular formula is C11H8N4OS. The van der Waals surface area contributed by atoms with E-state index in [9.17, 15) is 4.79 Å². The maximum Gasteiger partial charge on any atom is 0.259 e. The number of azo groups is 1. The monoisotopic (exact) mass is 244 g/mol. The Morgan fingerprint density at radius 3 is 2.88 bits per heavy atom. The molecule has 2 aromatic rings. The van der Waals surface area contributed by atoms with Gasteiger partial charge in [0.2, 0.25) is 0 Å². The molecule has 1 N–H and O–H groups in total. The van der Waals surface area contributed by atoms with Gasteiger partial charge in [0.05, 0.1) is 11.3 Å². The molecule has 1 amide bonds. The molecule has 1 aromatic heterocycles. The van der Waals surface area contributed by atoms with Crippen LogP contribution in [0.25, 0.3) is 0 Å². The van der Waals surface area contributed by atoms with Crippen molar-refractivity contribution in [1.29, 1.82) is 0 Å². The van der Waals surface area contributed by atoms with Gasteiger partial charge < -0.3 is 0 Å². The zero-order chi connectivity index (χ0) is 11.8. The largest absolute Gasteiger partial charge is 0.298 e. The van der Waals surface area contributed by atoms with Crippen LogP contribution in [-0.2, 0) is 0 Å². The van der Waals surface area contributed by atoms with Crippen LogP contribution in [-0.4, -0.2) is 10.9 Å². The van der Waals surface area contributed by atoms with Crippen molar-refractivity contribution in [2.75, 3.05) is 5.32 Å². The Bertz CT molecular complexity index is 632. The fourth-order valence-corrected chi connectivity index (χ4v) is 2.22. The molecule has 6 heteroatoms. The van der Waals surface area contributed by atoms with Crippen molar-refractivity contribution in [2.24, 2.45) is 10.2 Å². The van der Waals surface area contributed by atoms with Crippen LogP contribution in [0.3, 0.4) is 0 Å². The number of hydrogen-bond donors (Lipinski definition) is 1. The van der Waals surface area contributed by atoms with Crippen LogP contribution in [0.15, 0.2) is 33.8 Å². The molecule has 3 rings (SSSR count). The maximum atomic E-state index is 12.0. The molecule has 84 valence electrons. The SMILES string of the molecule is Cc1csc(NC(=O)c2cccc3c2N=N3)n1. The molecule has 0 bridgehead atoms. The van der Waals surface area contributed by atoms with Gasteiger partial charge in [-0.05, 0) is 19.1 Å². The van der Waals surface area contributed by atoms with Crippen LogP contribution >= 0.6 is 11.3 Å². The third kappa shape index (κ3) is 1.72. The van der Waals surface area contributed by atoms with E-state index in [1.807, 2.05) is 18.4 Å². The van der Waals surface area contributed by atoms with Crippen molar-refractivity contribution in [3.05, 3.63) is 34.8 Å². The van der Waals surface area contributed by atoms with Crippen molar-refractivity contribution in [3.8, 4) is 0 Å². The van der Waals surface area contributed by atoms with Gasteiger partial charge in [-0.15, -0.1) is 21.6 Å². The summed E-state index contributed by atoms with van der Waals surface area (Å²) in [6, 6.07) is 5.35. The van der Waals surface area contributed by atoms with Crippen LogP contribution in [0.5, 0.6) is 0 Å². The van der Waals surface area contributed by atoms with Crippen molar-refractivity contribution in [1.82, 2.24) is 4.98 Å². The molecule has 0 spiro atoms. The number of nitrogens with zero attached hydrogens (tertiary/aromatic N) is 3. The zero-order valence-electron chi connectivity index (χ0n) is 8.97. The Morgan fingerprint density at radius 2 is 2.24 bits per heavy atom. The highest BCUT2D eigenvalue weighted by atomic mass is 32.1. The predicted octanol–water partition coefficient (Wildman–Crippen LogP) is 3.43. The second-order valence-electron chi connectivity index (χ2n) is 3.62. The molecule has 0 fully saturated rings. The lowest BCUT2D eigenvalue weighted by Crippen LogP contribution is -2.12. The number of aromatic nitrogens is 1. The van der Waals surface area contributed by atoms with Crippen LogP contribution < -0.4 is 5.32 Å². The summed E-state index contributed by atoms with van der Waals surface area (Å²) in [4.78, 5) is 16.2. The Labute approximate surface area is 101 Å². The molecular weight excluding hydrogens is 236 g/mol. The number of carbonyl (C=O) groups is 1. The fourth-order valence-electron chi connectivity index (χ4n) is 1.54. The van der Waals surface area contributed by atoms with Crippen LogP contribution in [0, 0.1) is 6.92 Å². The van der Waals surface area contributed by atoms with Crippen molar-refractivity contribution in [3.63, 3.8) is 0 Å². The molecule has 0 unspecified atom stereocenters. The summed E-state index contributed by atoms with van der Waals surface area (Å²) in [5.41, 5.74) is 2.84. The first kappa shape index (κ1) is 10.1. The van der Waals surface area contributed by atoms with E-state index in [0.717, 1.165) is 11.4 Å². The van der Waals surface area contributed by atoms with Crippen LogP contribution in [0.1, 0.15) is 16.1 Å². The van der Waals surface area contributed by atoms with Gasteiger partial charge in [0, 0.05) is 5.38 Å². The maximum absolute atomic E-state index is 12.0. The number of rotatable bonds is 2. The molecule has 0 radical (unpaired) electrons. The molecule has 1 aliphatic rings. The molecule has 0 atom stereocenters. The molecule has 0 saturated heterocycles. The molecule has 0 aliphatic carbocycles. The minimum absolute atomic E-state index is 0.199. The van der Waals surface area contributed by atoms with Gasteiger partial charge in [0.25, 0.3) is 5.91 Å². The Morgan fingerprint density at radius 1 is 1.35 bits per heavy atom. The summed E-state index contributed by atoms with van der Waals surface area (Å²) in [5.74, 6) is -0.199. The number of fused-ring (bicyclic) bond motifs is 1. The van der Waals surface area contributed by atoms with E-state index in [0.29, 0.717) is 16.4 Å². The standard InChI is InChI=1S/C11H8N4OS/c1-6-5-17-11(12-6)13-10(16)7-3-2-4-8-9(7)15-14-8/h2-5H,1H3,(H,12,13,16). The number of aryl methyl sites for hydroxylation is 1. The lowest BCUT2D eigenvalue weighted by atomic mass is 10.1. The van der Waals surface area contributed by atoms with Crippen molar-refractivity contribution in [2.45, 2.75) is 6.92 Å². The van der Waals surface area contributed by atoms with Gasteiger partial charge in [0.1, 0.15) is 11.4 Å². The second kappa shape index (κ2) is 3.74. The van der Waals surface area contributed by atoms with Gasteiger partial charge >= 0.3 is 0 Å². The summed E-state index contributed by atoms with van der Waals surface area (Å²) >= 11 is 1.40. The predicted molar refractivity (Wildman–Crippen MR) is 65.4 cm³/mol. The first-order valence-corrected chi connectivity index (χ1v) is 5.90. The van der Waals surface area contributed by atoms with Gasteiger partial charge in [-0.2, -0.15) is 0 Å². The molecule has 1 aromatic carbocycles. The van der Waals surface area contributed by atoms with Gasteiger partial charge in [-0.1, -0.05) is 6.07 Å². The smallest absolute Gasteiger partial charge is 0.259 e. The quantitative estimate of drug-likeness (QED) is 0.750. The molecule has 2 heterocycles. The van der Waals surface area contributed by atoms with Crippen LogP contribution in [0.2, 0.25) is 0 Å². The Balaban J connectivity index is 1.86. The number of amides is 1. The molecule has 17 heavy (non-hydrogen) atoms. The minimum atomic E-state index is -0.199. The Kier molecular flexibility index (Phi) is 2.22. The first-order chi connectivity index (χ1) is 8.24. The normalized spacial score (nSPS) is 11.8. The number of anilines is 1. The highest BCUT2D eigenvalue weighted by Gasteiger charge is 2.19. The van der Waals surface area contributed by atoms with E-state index in [4.69, 9.17) is 0 Å². The lowest BCUT2D eigenvalue weighted by molar-refractivity contribution is 0.102. The van der Waals surface area contributed by atoms with Gasteiger partial charge in [-0.25, -0.2) is 4.98 Å². The number of nitrogens with one attached hydrogen (secondary N) is 1. The minimum Gasteiger partial charge on any atom is -0.298 e. The highest BCUT2D eigenvalue weighted by Crippen LogP contribution is 2.40. The summed E-state index contributed by atoms with van der Waals surface area (Å²) in [5, 5.41) is 12.9. The average molecular weight is 244 g/mol. The van der Waals surface area contributed by atoms with E-state index >= 15 is 0 Å². The fraction of sp³-hybridized carbons (Fsp3) is 0.0909. The number of thiazole rings is 1. The summed E-state index contributed by atoms with van der Waals surface area (Å²) in [6.45, 7) is 1.88. The summed E-state index contributed by atoms with van der Waals surface area (Å²) in [7, 11) is 0. The average Bonchev–Trinajstić information content (AvgIpc) is 2.65. The first-order valence-electron chi connectivity index (χ1n) is 5.02. The summed E-state index contributed by atoms with van der Waals surface area (Å²) in [6.07, 6.45) is 0.